The average molecular weight is 273 g/mol. The van der Waals surface area contributed by atoms with E-state index in [-0.39, 0.29) is 6.04 Å². The molecule has 1 heterocycles. The minimum absolute atomic E-state index is 0.108. The number of aliphatic imine (C=N–C) groups is 1. The summed E-state index contributed by atoms with van der Waals surface area (Å²) < 4.78 is 0. The number of para-hydroxylation sites is 1. The van der Waals surface area contributed by atoms with Crippen LogP contribution in [-0.2, 0) is 0 Å². The van der Waals surface area contributed by atoms with E-state index >= 15 is 0 Å². The van der Waals surface area contributed by atoms with Crippen LogP contribution in [0.4, 0.5) is 5.69 Å². The molecule has 3 nitrogen and oxygen atoms in total. The minimum atomic E-state index is 0.108. The van der Waals surface area contributed by atoms with Crippen molar-refractivity contribution in [3.8, 4) is 0 Å². The average Bonchev–Trinajstić information content (AvgIpc) is 2.90. The van der Waals surface area contributed by atoms with Crippen LogP contribution in [0.25, 0.3) is 0 Å². The molecule has 0 saturated heterocycles. The lowest BCUT2D eigenvalue weighted by Gasteiger charge is -2.16. The smallest absolute Gasteiger partial charge is 0.193 e. The second-order valence-electron chi connectivity index (χ2n) is 4.71. The molecule has 1 unspecified atom stereocenters. The molecule has 1 aromatic carbocycles. The van der Waals surface area contributed by atoms with Gasteiger partial charge < -0.3 is 11.1 Å². The molecule has 0 fully saturated rings. The number of hydrogen-bond donors (Lipinski definition) is 2. The molecular weight excluding hydrogens is 254 g/mol. The van der Waals surface area contributed by atoms with Gasteiger partial charge in [0.1, 0.15) is 0 Å². The largest absolute Gasteiger partial charge is 0.370 e. The third-order valence-electron chi connectivity index (χ3n) is 2.79. The normalized spacial score (nSPS) is 13.5. The number of nitrogens with one attached hydrogen (secondary N) is 1. The van der Waals surface area contributed by atoms with Crippen molar-refractivity contribution in [2.24, 2.45) is 16.6 Å². The monoisotopic (exact) mass is 273 g/mol. The van der Waals surface area contributed by atoms with Crippen molar-refractivity contribution >= 4 is 23.0 Å². The van der Waals surface area contributed by atoms with Crippen LogP contribution in [0, 0.1) is 5.92 Å². The highest BCUT2D eigenvalue weighted by Crippen LogP contribution is 2.29. The highest BCUT2D eigenvalue weighted by Gasteiger charge is 2.16. The summed E-state index contributed by atoms with van der Waals surface area (Å²) in [5.74, 6) is 0.869. The number of nitrogens with two attached hydrogens (primary N) is 1. The maximum Gasteiger partial charge on any atom is 0.193 e. The first kappa shape index (κ1) is 13.6. The Morgan fingerprint density at radius 3 is 2.47 bits per heavy atom. The van der Waals surface area contributed by atoms with E-state index in [1.54, 1.807) is 11.3 Å². The Labute approximate surface area is 118 Å². The third-order valence-corrected chi connectivity index (χ3v) is 3.73. The SMILES string of the molecule is CC(C)C(N=C(N)Nc1ccccc1)c1cccs1. The zero-order valence-electron chi connectivity index (χ0n) is 11.2. The Hall–Kier alpha value is -1.81. The Morgan fingerprint density at radius 2 is 1.89 bits per heavy atom. The minimum Gasteiger partial charge on any atom is -0.370 e. The first-order valence-electron chi connectivity index (χ1n) is 6.35. The molecule has 0 aliphatic heterocycles. The second-order valence-corrected chi connectivity index (χ2v) is 5.69. The number of guanidine groups is 1. The molecule has 3 N–H and O–H groups in total. The van der Waals surface area contributed by atoms with E-state index < -0.39 is 0 Å². The van der Waals surface area contributed by atoms with Crippen LogP contribution in [0.2, 0.25) is 0 Å². The van der Waals surface area contributed by atoms with E-state index in [1.807, 2.05) is 36.4 Å². The standard InChI is InChI=1S/C15H19N3S/c1-11(2)14(13-9-6-10-19-13)18-15(16)17-12-7-4-3-5-8-12/h3-11,14H,1-2H3,(H3,16,17,18). The summed E-state index contributed by atoms with van der Waals surface area (Å²) in [5, 5.41) is 5.19. The van der Waals surface area contributed by atoms with Crippen LogP contribution in [0.1, 0.15) is 24.8 Å². The molecule has 0 bridgehead atoms. The van der Waals surface area contributed by atoms with Gasteiger partial charge >= 0.3 is 0 Å². The Balaban J connectivity index is 2.13. The quantitative estimate of drug-likeness (QED) is 0.656. The van der Waals surface area contributed by atoms with Crippen LogP contribution in [0.15, 0.2) is 52.8 Å². The first-order valence-corrected chi connectivity index (χ1v) is 7.23. The van der Waals surface area contributed by atoms with Gasteiger partial charge in [0, 0.05) is 10.6 Å². The summed E-state index contributed by atoms with van der Waals surface area (Å²) in [4.78, 5) is 5.85. The van der Waals surface area contributed by atoms with Crippen molar-refractivity contribution in [3.05, 3.63) is 52.7 Å². The van der Waals surface area contributed by atoms with Gasteiger partial charge in [-0.15, -0.1) is 11.3 Å². The van der Waals surface area contributed by atoms with E-state index in [2.05, 4.69) is 35.6 Å². The molecule has 0 saturated carbocycles. The number of hydrogen-bond acceptors (Lipinski definition) is 2. The van der Waals surface area contributed by atoms with E-state index in [0.717, 1.165) is 5.69 Å². The summed E-state index contributed by atoms with van der Waals surface area (Å²) in [6, 6.07) is 14.1. The molecule has 100 valence electrons. The predicted octanol–water partition coefficient (Wildman–Crippen LogP) is 3.87. The van der Waals surface area contributed by atoms with Gasteiger partial charge in [-0.3, -0.25) is 0 Å². The van der Waals surface area contributed by atoms with Gasteiger partial charge in [-0.2, -0.15) is 0 Å². The first-order chi connectivity index (χ1) is 9.16. The van der Waals surface area contributed by atoms with Crippen LogP contribution in [-0.4, -0.2) is 5.96 Å². The van der Waals surface area contributed by atoms with E-state index in [0.29, 0.717) is 11.9 Å². The van der Waals surface area contributed by atoms with Gasteiger partial charge in [-0.05, 0) is 29.5 Å². The van der Waals surface area contributed by atoms with Crippen molar-refractivity contribution in [3.63, 3.8) is 0 Å². The molecule has 0 spiro atoms. The maximum atomic E-state index is 5.99. The van der Waals surface area contributed by atoms with Crippen LogP contribution < -0.4 is 11.1 Å². The summed E-state index contributed by atoms with van der Waals surface area (Å²) in [6.07, 6.45) is 0. The Kier molecular flexibility index (Phi) is 4.58. The highest BCUT2D eigenvalue weighted by molar-refractivity contribution is 7.10. The van der Waals surface area contributed by atoms with Crippen molar-refractivity contribution in [1.82, 2.24) is 0 Å². The zero-order chi connectivity index (χ0) is 13.7. The van der Waals surface area contributed by atoms with Crippen molar-refractivity contribution in [2.75, 3.05) is 5.32 Å². The topological polar surface area (TPSA) is 50.4 Å². The molecule has 0 amide bonds. The molecule has 4 heteroatoms. The summed E-state index contributed by atoms with van der Waals surface area (Å²) in [7, 11) is 0. The lowest BCUT2D eigenvalue weighted by atomic mass is 10.0. The second kappa shape index (κ2) is 6.38. The van der Waals surface area contributed by atoms with Gasteiger partial charge in [-0.25, -0.2) is 4.99 Å². The van der Waals surface area contributed by atoms with Gasteiger partial charge in [-0.1, -0.05) is 38.1 Å². The molecule has 0 aliphatic carbocycles. The zero-order valence-corrected chi connectivity index (χ0v) is 12.0. The lowest BCUT2D eigenvalue weighted by molar-refractivity contribution is 0.523. The number of rotatable bonds is 4. The molecule has 19 heavy (non-hydrogen) atoms. The van der Waals surface area contributed by atoms with Crippen molar-refractivity contribution in [2.45, 2.75) is 19.9 Å². The molecule has 2 aromatic rings. The van der Waals surface area contributed by atoms with Gasteiger partial charge in [0.15, 0.2) is 5.96 Å². The van der Waals surface area contributed by atoms with Crippen LogP contribution >= 0.6 is 11.3 Å². The van der Waals surface area contributed by atoms with Gasteiger partial charge in [0.05, 0.1) is 6.04 Å². The molecule has 1 aromatic heterocycles. The van der Waals surface area contributed by atoms with E-state index in [9.17, 15) is 0 Å². The summed E-state index contributed by atoms with van der Waals surface area (Å²) in [6.45, 7) is 4.31. The number of benzene rings is 1. The fraction of sp³-hybridized carbons (Fsp3) is 0.267. The number of thiophene rings is 1. The van der Waals surface area contributed by atoms with Gasteiger partial charge in [0.25, 0.3) is 0 Å². The summed E-state index contributed by atoms with van der Waals surface area (Å²) in [5.41, 5.74) is 6.95. The molecule has 0 aliphatic rings. The molecule has 2 rings (SSSR count). The van der Waals surface area contributed by atoms with E-state index in [1.165, 1.54) is 4.88 Å². The molecular formula is C15H19N3S. The number of nitrogens with zero attached hydrogens (tertiary/aromatic N) is 1. The fourth-order valence-corrected chi connectivity index (χ4v) is 2.79. The van der Waals surface area contributed by atoms with E-state index in [4.69, 9.17) is 5.73 Å². The molecule has 1 atom stereocenters. The van der Waals surface area contributed by atoms with Crippen LogP contribution in [0.3, 0.4) is 0 Å². The fourth-order valence-electron chi connectivity index (χ4n) is 1.85. The Morgan fingerprint density at radius 1 is 1.16 bits per heavy atom. The summed E-state index contributed by atoms with van der Waals surface area (Å²) >= 11 is 1.72. The lowest BCUT2D eigenvalue weighted by Crippen LogP contribution is -2.24. The highest BCUT2D eigenvalue weighted by atomic mass is 32.1. The van der Waals surface area contributed by atoms with Crippen LogP contribution in [0.5, 0.6) is 0 Å². The predicted molar refractivity (Wildman–Crippen MR) is 83.6 cm³/mol. The van der Waals surface area contributed by atoms with Crippen molar-refractivity contribution in [1.29, 1.82) is 0 Å². The van der Waals surface area contributed by atoms with Gasteiger partial charge in [0.2, 0.25) is 0 Å². The third kappa shape index (κ3) is 3.83. The maximum absolute atomic E-state index is 5.99. The molecule has 0 radical (unpaired) electrons. The number of anilines is 1. The van der Waals surface area contributed by atoms with Crippen molar-refractivity contribution < 1.29 is 0 Å². The Bertz CT molecular complexity index is 518.